The average Bonchev–Trinajstić information content (AvgIpc) is 3.01. The van der Waals surface area contributed by atoms with Gasteiger partial charge in [-0.1, -0.05) is 0 Å². The van der Waals surface area contributed by atoms with Crippen molar-refractivity contribution in [1.29, 1.82) is 0 Å². The second kappa shape index (κ2) is 31.9. The zero-order valence-corrected chi connectivity index (χ0v) is 25.7. The fraction of sp³-hybridized carbons (Fsp3) is 0.929. The van der Waals surface area contributed by atoms with Gasteiger partial charge in [-0.3, -0.25) is 9.59 Å². The van der Waals surface area contributed by atoms with Crippen LogP contribution in [0.1, 0.15) is 12.8 Å². The third-order valence-corrected chi connectivity index (χ3v) is 5.74. The van der Waals surface area contributed by atoms with E-state index in [0.29, 0.717) is 132 Å². The highest BCUT2D eigenvalue weighted by Gasteiger charge is 2.15. The molecule has 1 rings (SSSR count). The van der Waals surface area contributed by atoms with Gasteiger partial charge in [-0.05, 0) is 0 Å². The summed E-state index contributed by atoms with van der Waals surface area (Å²) >= 11 is 0. The highest BCUT2D eigenvalue weighted by Crippen LogP contribution is 1.97. The van der Waals surface area contributed by atoms with Crippen LogP contribution in [-0.4, -0.2) is 180 Å². The van der Waals surface area contributed by atoms with Gasteiger partial charge in [0.15, 0.2) is 0 Å². The molecule has 1 heterocycles. The highest BCUT2D eigenvalue weighted by atomic mass is 16.6. The topological polar surface area (TPSA) is 162 Å². The molecule has 1 aliphatic heterocycles. The van der Waals surface area contributed by atoms with Crippen molar-refractivity contribution in [3.05, 3.63) is 0 Å². The van der Waals surface area contributed by atoms with Crippen molar-refractivity contribution in [3.63, 3.8) is 0 Å². The van der Waals surface area contributed by atoms with E-state index >= 15 is 0 Å². The Bertz CT molecular complexity index is 627. The second-order valence-electron chi connectivity index (χ2n) is 9.15. The van der Waals surface area contributed by atoms with Gasteiger partial charge in [0.2, 0.25) is 5.91 Å². The average molecular weight is 627 g/mol. The first-order valence-corrected chi connectivity index (χ1v) is 15.2. The van der Waals surface area contributed by atoms with Crippen molar-refractivity contribution in [2.45, 2.75) is 12.8 Å². The molecule has 1 aliphatic rings. The summed E-state index contributed by atoms with van der Waals surface area (Å²) in [5.41, 5.74) is 0. The van der Waals surface area contributed by atoms with E-state index in [0.717, 1.165) is 26.2 Å². The molecule has 0 aromatic rings. The van der Waals surface area contributed by atoms with Crippen molar-refractivity contribution < 1.29 is 62.1 Å². The number of hydrogen-bond donors (Lipinski definition) is 2. The molecule has 43 heavy (non-hydrogen) atoms. The van der Waals surface area contributed by atoms with Crippen LogP contribution in [0.15, 0.2) is 0 Å². The molecule has 0 unspecified atom stereocenters. The smallest absolute Gasteiger partial charge is 0.305 e. The zero-order valence-electron chi connectivity index (χ0n) is 25.7. The van der Waals surface area contributed by atoms with E-state index in [9.17, 15) is 9.59 Å². The summed E-state index contributed by atoms with van der Waals surface area (Å²) in [5.74, 6) is -0.729. The molecule has 254 valence electrons. The van der Waals surface area contributed by atoms with E-state index in [1.54, 1.807) is 0 Å². The molecule has 1 fully saturated rings. The van der Waals surface area contributed by atoms with Crippen LogP contribution in [0.3, 0.4) is 0 Å². The minimum Gasteiger partial charge on any atom is -0.481 e. The van der Waals surface area contributed by atoms with Gasteiger partial charge >= 0.3 is 5.97 Å². The summed E-state index contributed by atoms with van der Waals surface area (Å²) in [4.78, 5) is 24.2. The monoisotopic (exact) mass is 626 g/mol. The van der Waals surface area contributed by atoms with Gasteiger partial charge in [0, 0.05) is 26.2 Å². The fourth-order valence-corrected chi connectivity index (χ4v) is 3.47. The normalized spacial score (nSPS) is 13.5. The lowest BCUT2D eigenvalue weighted by molar-refractivity contribution is -0.138. The van der Waals surface area contributed by atoms with Gasteiger partial charge in [0.1, 0.15) is 0 Å². The van der Waals surface area contributed by atoms with Crippen LogP contribution >= 0.6 is 0 Å². The molecule has 0 bridgehead atoms. The number of carbonyl (C=O) groups excluding carboxylic acids is 1. The number of carbonyl (C=O) groups is 2. The Balaban J connectivity index is 1.63. The molecule has 1 saturated heterocycles. The quantitative estimate of drug-likeness (QED) is 0.0893. The van der Waals surface area contributed by atoms with Gasteiger partial charge in [0.25, 0.3) is 0 Å². The van der Waals surface area contributed by atoms with Crippen molar-refractivity contribution in [2.75, 3.05) is 158 Å². The highest BCUT2D eigenvalue weighted by molar-refractivity contribution is 5.76. The summed E-state index contributed by atoms with van der Waals surface area (Å²) in [7, 11) is 0. The second-order valence-corrected chi connectivity index (χ2v) is 9.15. The molecule has 0 atom stereocenters. The van der Waals surface area contributed by atoms with Gasteiger partial charge < -0.3 is 62.7 Å². The molecule has 0 radical (unpaired) electrons. The van der Waals surface area contributed by atoms with E-state index in [1.165, 1.54) is 0 Å². The Morgan fingerprint density at radius 3 is 0.977 bits per heavy atom. The van der Waals surface area contributed by atoms with E-state index in [-0.39, 0.29) is 18.9 Å². The lowest BCUT2D eigenvalue weighted by Gasteiger charge is -2.27. The van der Waals surface area contributed by atoms with Gasteiger partial charge in [0.05, 0.1) is 145 Å². The Hall–Kier alpha value is -1.50. The number of hydrogen-bond acceptors (Lipinski definition) is 13. The molecular formula is C28H54N2O13. The van der Waals surface area contributed by atoms with E-state index in [2.05, 4.69) is 5.32 Å². The number of carboxylic acid groups (broad SMARTS) is 1. The lowest BCUT2D eigenvalue weighted by Crippen LogP contribution is -2.46. The number of aliphatic carboxylic acids is 1. The zero-order chi connectivity index (χ0) is 30.9. The minimum absolute atomic E-state index is 0.00324. The summed E-state index contributed by atoms with van der Waals surface area (Å²) in [5, 5.41) is 11.7. The predicted octanol–water partition coefficient (Wildman–Crippen LogP) is -0.551. The number of nitrogens with one attached hydrogen (secondary N) is 1. The third-order valence-electron chi connectivity index (χ3n) is 5.74. The Labute approximate surface area is 255 Å². The number of piperazine rings is 1. The maximum Gasteiger partial charge on any atom is 0.305 e. The molecule has 0 aromatic heterocycles. The molecular weight excluding hydrogens is 572 g/mol. The van der Waals surface area contributed by atoms with Crippen molar-refractivity contribution in [3.8, 4) is 0 Å². The first-order valence-electron chi connectivity index (χ1n) is 15.2. The largest absolute Gasteiger partial charge is 0.481 e. The first-order chi connectivity index (χ1) is 21.2. The molecule has 0 aromatic carbocycles. The molecule has 0 spiro atoms. The molecule has 2 N–H and O–H groups in total. The summed E-state index contributed by atoms with van der Waals surface area (Å²) in [6.07, 6.45) is 0.407. The van der Waals surface area contributed by atoms with Crippen LogP contribution in [0.25, 0.3) is 0 Å². The maximum atomic E-state index is 12.0. The van der Waals surface area contributed by atoms with Gasteiger partial charge in [-0.2, -0.15) is 0 Å². The summed E-state index contributed by atoms with van der Waals surface area (Å²) < 4.78 is 54.0. The maximum absolute atomic E-state index is 12.0. The first kappa shape index (κ1) is 39.5. The van der Waals surface area contributed by atoms with Crippen LogP contribution in [-0.2, 0) is 57.0 Å². The Kier molecular flexibility index (Phi) is 29.3. The van der Waals surface area contributed by atoms with Crippen LogP contribution in [0.4, 0.5) is 0 Å². The number of amides is 1. The van der Waals surface area contributed by atoms with E-state index in [1.807, 2.05) is 4.90 Å². The van der Waals surface area contributed by atoms with Crippen LogP contribution in [0.5, 0.6) is 0 Å². The number of nitrogens with zero attached hydrogens (tertiary/aromatic N) is 1. The number of ether oxygens (including phenoxy) is 10. The lowest BCUT2D eigenvalue weighted by atomic mass is 10.3. The van der Waals surface area contributed by atoms with Crippen molar-refractivity contribution >= 4 is 11.9 Å². The van der Waals surface area contributed by atoms with Gasteiger partial charge in [-0.25, -0.2) is 0 Å². The minimum atomic E-state index is -0.875. The Morgan fingerprint density at radius 1 is 0.442 bits per heavy atom. The van der Waals surface area contributed by atoms with Gasteiger partial charge in [-0.15, -0.1) is 0 Å². The fourth-order valence-electron chi connectivity index (χ4n) is 3.47. The standard InChI is InChI=1S/C28H54N2O13/c31-27(30-5-3-29-4-6-30)1-7-34-9-11-36-13-15-38-17-19-40-21-23-42-25-26-43-24-22-41-20-18-39-16-14-37-12-10-35-8-2-28(32)33/h29H,1-26H2,(H,32,33). The molecule has 15 nitrogen and oxygen atoms in total. The van der Waals surface area contributed by atoms with Crippen molar-refractivity contribution in [1.82, 2.24) is 10.2 Å². The van der Waals surface area contributed by atoms with Crippen molar-refractivity contribution in [2.24, 2.45) is 0 Å². The Morgan fingerprint density at radius 2 is 0.698 bits per heavy atom. The molecule has 0 aliphatic carbocycles. The van der Waals surface area contributed by atoms with E-state index in [4.69, 9.17) is 52.5 Å². The van der Waals surface area contributed by atoms with Crippen LogP contribution in [0, 0.1) is 0 Å². The SMILES string of the molecule is O=C(O)CCOCCOCCOCCOCCOCCOCCOCCOCCOCCOCCC(=O)N1CCNCC1. The third kappa shape index (κ3) is 29.0. The molecule has 0 saturated carbocycles. The summed E-state index contributed by atoms with van der Waals surface area (Å²) in [6, 6.07) is 0. The number of rotatable bonds is 33. The van der Waals surface area contributed by atoms with E-state index < -0.39 is 5.97 Å². The predicted molar refractivity (Wildman–Crippen MR) is 155 cm³/mol. The molecule has 1 amide bonds. The van der Waals surface area contributed by atoms with Crippen LogP contribution < -0.4 is 5.32 Å². The summed E-state index contributed by atoms with van der Waals surface area (Å²) in [6.45, 7) is 12.3. The van der Waals surface area contributed by atoms with Crippen LogP contribution in [0.2, 0.25) is 0 Å². The number of carboxylic acids is 1. The molecule has 15 heteroatoms.